The molecule has 3 N–H and O–H groups in total. The zero-order valence-electron chi connectivity index (χ0n) is 10.7. The number of carboxylic acid groups (broad SMARTS) is 1. The highest BCUT2D eigenvalue weighted by Gasteiger charge is 2.16. The van der Waals surface area contributed by atoms with E-state index in [1.165, 1.54) is 25.3 Å². The van der Waals surface area contributed by atoms with Crippen molar-refractivity contribution in [2.75, 3.05) is 30.8 Å². The van der Waals surface area contributed by atoms with Crippen LogP contribution in [0.4, 0.5) is 5.69 Å². The molecule has 0 aliphatic carbocycles. The molecule has 0 bridgehead atoms. The minimum absolute atomic E-state index is 0.0156. The first-order chi connectivity index (χ1) is 9.38. The maximum Gasteiger partial charge on any atom is 0.320 e. The maximum atomic E-state index is 11.5. The number of aliphatic hydroxyl groups excluding tert-OH is 1. The Hall–Kier alpha value is -2.00. The second-order valence-corrected chi connectivity index (χ2v) is 5.41. The van der Waals surface area contributed by atoms with Crippen LogP contribution in [0.15, 0.2) is 18.2 Å². The smallest absolute Gasteiger partial charge is 0.320 e. The summed E-state index contributed by atoms with van der Waals surface area (Å²) in [5.74, 6) is -1.90. The van der Waals surface area contributed by atoms with Gasteiger partial charge in [-0.1, -0.05) is 0 Å². The molecule has 0 aliphatic heterocycles. The monoisotopic (exact) mass is 305 g/mol. The Kier molecular flexibility index (Phi) is 5.59. The molecule has 0 radical (unpaired) electrons. The van der Waals surface area contributed by atoms with Crippen LogP contribution in [0, 0.1) is 0 Å². The number of carbonyl (C=O) groups is 1. The summed E-state index contributed by atoms with van der Waals surface area (Å²) in [6.45, 7) is -0.195. The Bertz CT molecular complexity index is 570. The SMILES string of the molecule is COc1ccc(NS(=O)(=O)CC(=O)O)cc1OCCO. The van der Waals surface area contributed by atoms with Gasteiger partial charge in [0, 0.05) is 6.07 Å². The topological polar surface area (TPSA) is 122 Å². The number of ether oxygens (including phenoxy) is 2. The Balaban J connectivity index is 2.94. The van der Waals surface area contributed by atoms with Gasteiger partial charge in [0.05, 0.1) is 19.4 Å². The summed E-state index contributed by atoms with van der Waals surface area (Å²) in [6, 6.07) is 4.21. The molecule has 0 aromatic heterocycles. The van der Waals surface area contributed by atoms with Crippen molar-refractivity contribution < 1.29 is 32.9 Å². The lowest BCUT2D eigenvalue weighted by atomic mass is 10.3. The first-order valence-electron chi connectivity index (χ1n) is 5.52. The van der Waals surface area contributed by atoms with E-state index >= 15 is 0 Å². The molecule has 0 unspecified atom stereocenters. The molecule has 0 spiro atoms. The van der Waals surface area contributed by atoms with Gasteiger partial charge in [-0.05, 0) is 12.1 Å². The average Bonchev–Trinajstić information content (AvgIpc) is 2.34. The fraction of sp³-hybridized carbons (Fsp3) is 0.364. The van der Waals surface area contributed by atoms with Gasteiger partial charge in [0.15, 0.2) is 17.3 Å². The second kappa shape index (κ2) is 6.96. The molecule has 0 saturated heterocycles. The number of sulfonamides is 1. The molecule has 0 saturated carbocycles. The third kappa shape index (κ3) is 4.94. The van der Waals surface area contributed by atoms with Gasteiger partial charge < -0.3 is 19.7 Å². The van der Waals surface area contributed by atoms with Crippen LogP contribution in [-0.4, -0.2) is 50.7 Å². The molecule has 1 aromatic rings. The average molecular weight is 305 g/mol. The number of nitrogens with one attached hydrogen (secondary N) is 1. The highest BCUT2D eigenvalue weighted by atomic mass is 32.2. The van der Waals surface area contributed by atoms with Crippen molar-refractivity contribution in [3.05, 3.63) is 18.2 Å². The van der Waals surface area contributed by atoms with Gasteiger partial charge in [-0.2, -0.15) is 0 Å². The van der Waals surface area contributed by atoms with Crippen molar-refractivity contribution in [1.29, 1.82) is 0 Å². The number of aliphatic carboxylic acids is 1. The van der Waals surface area contributed by atoms with Crippen LogP contribution in [0.25, 0.3) is 0 Å². The lowest BCUT2D eigenvalue weighted by Gasteiger charge is -2.12. The summed E-state index contributed by atoms with van der Waals surface area (Å²) in [5, 5.41) is 17.2. The number of anilines is 1. The van der Waals surface area contributed by atoms with E-state index in [1.807, 2.05) is 0 Å². The molecular formula is C11H15NO7S. The van der Waals surface area contributed by atoms with Gasteiger partial charge in [-0.25, -0.2) is 8.42 Å². The number of hydrogen-bond donors (Lipinski definition) is 3. The van der Waals surface area contributed by atoms with Gasteiger partial charge in [-0.3, -0.25) is 9.52 Å². The van der Waals surface area contributed by atoms with E-state index in [-0.39, 0.29) is 24.7 Å². The molecule has 8 nitrogen and oxygen atoms in total. The predicted molar refractivity (Wildman–Crippen MR) is 70.6 cm³/mol. The van der Waals surface area contributed by atoms with Crippen molar-refractivity contribution >= 4 is 21.7 Å². The number of methoxy groups -OCH3 is 1. The normalized spacial score (nSPS) is 10.9. The quantitative estimate of drug-likeness (QED) is 0.612. The van der Waals surface area contributed by atoms with E-state index in [2.05, 4.69) is 4.72 Å². The number of rotatable bonds is 8. The summed E-state index contributed by atoms with van der Waals surface area (Å²) >= 11 is 0. The molecule has 0 heterocycles. The molecule has 9 heteroatoms. The zero-order valence-corrected chi connectivity index (χ0v) is 11.5. The van der Waals surface area contributed by atoms with Gasteiger partial charge in [-0.15, -0.1) is 0 Å². The Morgan fingerprint density at radius 3 is 2.60 bits per heavy atom. The number of benzene rings is 1. The summed E-state index contributed by atoms with van der Waals surface area (Å²) in [6.07, 6.45) is 0. The van der Waals surface area contributed by atoms with E-state index in [9.17, 15) is 13.2 Å². The molecule has 0 fully saturated rings. The minimum atomic E-state index is -3.99. The first-order valence-corrected chi connectivity index (χ1v) is 7.17. The van der Waals surface area contributed by atoms with E-state index < -0.39 is 21.7 Å². The van der Waals surface area contributed by atoms with E-state index in [0.717, 1.165) is 0 Å². The summed E-state index contributed by atoms with van der Waals surface area (Å²) < 4.78 is 35.3. The Morgan fingerprint density at radius 2 is 2.05 bits per heavy atom. The summed E-state index contributed by atoms with van der Waals surface area (Å²) in [4.78, 5) is 10.4. The van der Waals surface area contributed by atoms with E-state index in [0.29, 0.717) is 5.75 Å². The van der Waals surface area contributed by atoms with Crippen LogP contribution >= 0.6 is 0 Å². The first kappa shape index (κ1) is 16.1. The van der Waals surface area contributed by atoms with Crippen LogP contribution < -0.4 is 14.2 Å². The number of aliphatic hydroxyl groups is 1. The molecular weight excluding hydrogens is 290 g/mol. The number of hydrogen-bond acceptors (Lipinski definition) is 6. The van der Waals surface area contributed by atoms with Crippen molar-refractivity contribution in [1.82, 2.24) is 0 Å². The minimum Gasteiger partial charge on any atom is -0.493 e. The lowest BCUT2D eigenvalue weighted by molar-refractivity contribution is -0.134. The van der Waals surface area contributed by atoms with Crippen LogP contribution in [-0.2, 0) is 14.8 Å². The molecule has 0 amide bonds. The third-order valence-electron chi connectivity index (χ3n) is 2.10. The molecule has 0 aliphatic rings. The highest BCUT2D eigenvalue weighted by molar-refractivity contribution is 7.93. The van der Waals surface area contributed by atoms with Crippen molar-refractivity contribution in [3.8, 4) is 11.5 Å². The zero-order chi connectivity index (χ0) is 15.2. The van der Waals surface area contributed by atoms with Gasteiger partial charge >= 0.3 is 5.97 Å². The van der Waals surface area contributed by atoms with Crippen molar-refractivity contribution in [3.63, 3.8) is 0 Å². The molecule has 112 valence electrons. The van der Waals surface area contributed by atoms with Crippen LogP contribution in [0.2, 0.25) is 0 Å². The molecule has 1 rings (SSSR count). The predicted octanol–water partition coefficient (Wildman–Crippen LogP) is -0.107. The maximum absolute atomic E-state index is 11.5. The van der Waals surface area contributed by atoms with Crippen LogP contribution in [0.5, 0.6) is 11.5 Å². The number of carboxylic acids is 1. The second-order valence-electron chi connectivity index (χ2n) is 3.69. The van der Waals surface area contributed by atoms with Gasteiger partial charge in [0.1, 0.15) is 6.61 Å². The van der Waals surface area contributed by atoms with E-state index in [4.69, 9.17) is 19.7 Å². The van der Waals surface area contributed by atoms with Gasteiger partial charge in [0.2, 0.25) is 10.0 Å². The van der Waals surface area contributed by atoms with Crippen molar-refractivity contribution in [2.45, 2.75) is 0 Å². The summed E-state index contributed by atoms with van der Waals surface area (Å²) in [7, 11) is -2.57. The highest BCUT2D eigenvalue weighted by Crippen LogP contribution is 2.30. The lowest BCUT2D eigenvalue weighted by Crippen LogP contribution is -2.22. The molecule has 1 aromatic carbocycles. The van der Waals surface area contributed by atoms with Crippen LogP contribution in [0.1, 0.15) is 0 Å². The third-order valence-corrected chi connectivity index (χ3v) is 3.27. The van der Waals surface area contributed by atoms with Crippen molar-refractivity contribution in [2.24, 2.45) is 0 Å². The Morgan fingerprint density at radius 1 is 1.35 bits per heavy atom. The fourth-order valence-electron chi connectivity index (χ4n) is 1.39. The van der Waals surface area contributed by atoms with E-state index in [1.54, 1.807) is 0 Å². The fourth-order valence-corrected chi connectivity index (χ4v) is 2.27. The standard InChI is InChI=1S/C11H15NO7S/c1-18-9-3-2-8(6-10(9)19-5-4-13)12-20(16,17)7-11(14)15/h2-3,6,12-13H,4-5,7H2,1H3,(H,14,15). The van der Waals surface area contributed by atoms with Crippen LogP contribution in [0.3, 0.4) is 0 Å². The summed E-state index contributed by atoms with van der Waals surface area (Å²) in [5.41, 5.74) is 0.139. The molecule has 0 atom stereocenters. The van der Waals surface area contributed by atoms with Gasteiger partial charge in [0.25, 0.3) is 0 Å². The molecule has 20 heavy (non-hydrogen) atoms. The Labute approximate surface area is 116 Å². The largest absolute Gasteiger partial charge is 0.493 e.